The maximum absolute atomic E-state index is 9.25. The van der Waals surface area contributed by atoms with E-state index in [-0.39, 0.29) is 49.6 Å². The molecule has 0 saturated heterocycles. The van der Waals surface area contributed by atoms with Gasteiger partial charge in [-0.05, 0) is 123 Å². The Hall–Kier alpha value is -7.24. The highest BCUT2D eigenvalue weighted by Crippen LogP contribution is 2.60. The van der Waals surface area contributed by atoms with E-state index in [0.29, 0.717) is 22.5 Å². The number of benzene rings is 7. The summed E-state index contributed by atoms with van der Waals surface area (Å²) in [6.45, 7) is 18.2. The fourth-order valence-electron chi connectivity index (χ4n) is 11.4. The molecule has 0 N–H and O–H groups in total. The molecule has 2 aliphatic rings. The average Bonchev–Trinajstić information content (AvgIpc) is 4.10. The Morgan fingerprint density at radius 1 is 0.623 bits per heavy atom. The number of para-hydroxylation sites is 4. The first-order valence-corrected chi connectivity index (χ1v) is 24.0. The lowest BCUT2D eigenvalue weighted by molar-refractivity contribution is -0.571. The third-order valence-corrected chi connectivity index (χ3v) is 15.1. The molecule has 10 aromatic rings. The molecule has 3 heterocycles. The summed E-state index contributed by atoms with van der Waals surface area (Å²) >= 11 is 0. The molecule has 0 spiro atoms. The maximum Gasteiger partial charge on any atom is 0.269 e. The fraction of sp³-hybridized carbons (Fsp3) is 0.250. The van der Waals surface area contributed by atoms with Crippen LogP contribution in [0.5, 0.6) is 11.5 Å². The number of nitrogens with zero attached hydrogens (tertiary/aromatic N) is 4. The maximum atomic E-state index is 9.25. The Bertz CT molecular complexity index is 4110. The Labute approximate surface area is 420 Å². The van der Waals surface area contributed by atoms with Crippen LogP contribution < -0.4 is 9.30 Å². The van der Waals surface area contributed by atoms with E-state index < -0.39 is 60.4 Å². The second-order valence-corrected chi connectivity index (χ2v) is 21.6. The fourth-order valence-corrected chi connectivity index (χ4v) is 11.4. The van der Waals surface area contributed by atoms with Crippen molar-refractivity contribution in [1.82, 2.24) is 14.1 Å². The molecule has 0 radical (unpaired) electrons. The van der Waals surface area contributed by atoms with Gasteiger partial charge in [0.1, 0.15) is 17.3 Å². The molecule has 0 bridgehead atoms. The molecule has 69 heavy (non-hydrogen) atoms. The van der Waals surface area contributed by atoms with Crippen LogP contribution in [0.4, 0.5) is 0 Å². The quantitative estimate of drug-likeness (QED) is 0.118. The zero-order chi connectivity index (χ0) is 56.2. The SMILES string of the molecule is [2H]c1c([2H])c([2H])c(-c2cccc(-c3c([2H])c([2H])c([2H])c([2H])c3[2H])c2-[n+]2[c-]n(-c3cc(Oc4ccc5c6ccccc6n(-c6cc(C(C)(C)C)ccn6)c5c4)c4c5c3C(C)(C)CCC5(C)CCC4(C)C)c3ccccc32)c([2H])c1[2H]. The van der Waals surface area contributed by atoms with Crippen molar-refractivity contribution < 1.29 is 23.0 Å². The third kappa shape index (κ3) is 6.95. The van der Waals surface area contributed by atoms with Crippen molar-refractivity contribution in [2.45, 2.75) is 103 Å². The van der Waals surface area contributed by atoms with Crippen LogP contribution in [0, 0.1) is 6.33 Å². The molecule has 2 aliphatic carbocycles. The van der Waals surface area contributed by atoms with Crippen LogP contribution >= 0.6 is 0 Å². The van der Waals surface area contributed by atoms with Crippen molar-refractivity contribution in [2.24, 2.45) is 0 Å². The number of fused-ring (bicyclic) bond motifs is 4. The zero-order valence-electron chi connectivity index (χ0n) is 50.4. The Morgan fingerprint density at radius 2 is 1.25 bits per heavy atom. The second kappa shape index (κ2) is 15.6. The number of aromatic nitrogens is 4. The van der Waals surface area contributed by atoms with E-state index in [1.807, 2.05) is 41.1 Å². The van der Waals surface area contributed by atoms with Crippen molar-refractivity contribution in [3.63, 3.8) is 0 Å². The monoisotopic (exact) mass is 911 g/mol. The molecule has 5 nitrogen and oxygen atoms in total. The van der Waals surface area contributed by atoms with Crippen LogP contribution in [0.3, 0.4) is 0 Å². The van der Waals surface area contributed by atoms with Gasteiger partial charge >= 0.3 is 0 Å². The minimum atomic E-state index is -0.555. The van der Waals surface area contributed by atoms with Gasteiger partial charge in [-0.3, -0.25) is 13.7 Å². The van der Waals surface area contributed by atoms with Gasteiger partial charge in [-0.1, -0.05) is 176 Å². The summed E-state index contributed by atoms with van der Waals surface area (Å²) in [5, 5.41) is 2.17. The van der Waals surface area contributed by atoms with Crippen molar-refractivity contribution in [3.8, 4) is 50.9 Å². The number of hydrogen-bond donors (Lipinski definition) is 0. The molecule has 0 amide bonds. The topological polar surface area (TPSA) is 35.9 Å². The summed E-state index contributed by atoms with van der Waals surface area (Å²) in [5.41, 5.74) is 8.24. The summed E-state index contributed by atoms with van der Waals surface area (Å²) in [5.74, 6) is 2.16. The lowest BCUT2D eigenvalue weighted by atomic mass is 9.53. The molecule has 12 rings (SSSR count). The van der Waals surface area contributed by atoms with Crippen LogP contribution in [0.1, 0.15) is 117 Å². The predicted octanol–water partition coefficient (Wildman–Crippen LogP) is 16.0. The normalized spacial score (nSPS) is 19.4. The van der Waals surface area contributed by atoms with Gasteiger partial charge in [-0.15, -0.1) is 0 Å². The Kier molecular flexibility index (Phi) is 7.55. The second-order valence-electron chi connectivity index (χ2n) is 21.6. The smallest absolute Gasteiger partial charge is 0.269 e. The summed E-state index contributed by atoms with van der Waals surface area (Å²) in [6, 6.07) is 28.7. The highest BCUT2D eigenvalue weighted by Gasteiger charge is 2.50. The van der Waals surface area contributed by atoms with Gasteiger partial charge in [0, 0.05) is 28.6 Å². The Balaban J connectivity index is 1.16. The minimum Gasteiger partial charge on any atom is -0.457 e. The number of rotatable bonds is 7. The molecule has 7 aromatic carbocycles. The summed E-state index contributed by atoms with van der Waals surface area (Å²) < 4.78 is 103. The van der Waals surface area contributed by atoms with Crippen LogP contribution in [-0.4, -0.2) is 14.1 Å². The summed E-state index contributed by atoms with van der Waals surface area (Å²) in [4.78, 5) is 4.95. The third-order valence-electron chi connectivity index (χ3n) is 15.1. The van der Waals surface area contributed by atoms with E-state index in [1.54, 1.807) is 22.8 Å². The highest BCUT2D eigenvalue weighted by molar-refractivity contribution is 6.09. The largest absolute Gasteiger partial charge is 0.457 e. The van der Waals surface area contributed by atoms with Crippen LogP contribution in [0.2, 0.25) is 0 Å². The summed E-state index contributed by atoms with van der Waals surface area (Å²) in [6.07, 6.45) is 9.40. The number of ether oxygens (including phenoxy) is 1. The van der Waals surface area contributed by atoms with Crippen molar-refractivity contribution in [1.29, 1.82) is 0 Å². The molecule has 1 unspecified atom stereocenters. The van der Waals surface area contributed by atoms with E-state index in [4.69, 9.17) is 17.9 Å². The summed E-state index contributed by atoms with van der Waals surface area (Å²) in [7, 11) is 0. The van der Waals surface area contributed by atoms with Gasteiger partial charge in [0.05, 0.1) is 47.1 Å². The zero-order valence-corrected chi connectivity index (χ0v) is 40.4. The number of imidazole rings is 1. The molecular formula is C64H60N4O. The molecule has 1 atom stereocenters. The first kappa shape index (κ1) is 33.3. The van der Waals surface area contributed by atoms with Crippen molar-refractivity contribution in [2.75, 3.05) is 0 Å². The molecule has 3 aromatic heterocycles. The van der Waals surface area contributed by atoms with E-state index in [9.17, 15) is 5.48 Å². The number of pyridine rings is 1. The first-order valence-electron chi connectivity index (χ1n) is 29.0. The van der Waals surface area contributed by atoms with Crippen LogP contribution in [-0.2, 0) is 21.7 Å². The van der Waals surface area contributed by atoms with Gasteiger partial charge < -0.3 is 4.74 Å². The molecular weight excluding hydrogens is 841 g/mol. The predicted molar refractivity (Wildman–Crippen MR) is 284 cm³/mol. The number of hydrogen-bond acceptors (Lipinski definition) is 2. The lowest BCUT2D eigenvalue weighted by Gasteiger charge is -2.52. The Morgan fingerprint density at radius 3 is 1.93 bits per heavy atom. The van der Waals surface area contributed by atoms with E-state index in [0.717, 1.165) is 70.1 Å². The van der Waals surface area contributed by atoms with E-state index >= 15 is 0 Å². The minimum absolute atomic E-state index is 0.103. The van der Waals surface area contributed by atoms with Crippen molar-refractivity contribution >= 4 is 32.8 Å². The first-order chi connectivity index (χ1) is 37.3. The van der Waals surface area contributed by atoms with Gasteiger partial charge in [0.2, 0.25) is 0 Å². The molecule has 0 aliphatic heterocycles. The van der Waals surface area contributed by atoms with Gasteiger partial charge in [0.25, 0.3) is 6.33 Å². The molecule has 5 heteroatoms. The highest BCUT2D eigenvalue weighted by atomic mass is 16.5. The van der Waals surface area contributed by atoms with Crippen molar-refractivity contribution in [3.05, 3.63) is 198 Å². The van der Waals surface area contributed by atoms with Crippen LogP contribution in [0.15, 0.2) is 170 Å². The van der Waals surface area contributed by atoms with E-state index in [1.165, 1.54) is 11.1 Å². The van der Waals surface area contributed by atoms with E-state index in [2.05, 4.69) is 121 Å². The lowest BCUT2D eigenvalue weighted by Crippen LogP contribution is -2.44. The standard InChI is InChI=1S/C64H60N4O/c1-61(2,3)44-32-37-65-56(38-44)68-50-27-16-15-24-48(50)49-31-30-45(39-53(49)68)69-55-40-54(57-59-58(55)63(6,7)34-36-64(59,8)35-33-62(57,4)5)66-41-67(52-29-18-17-28-51(52)66)60-46(42-20-11-9-12-21-42)25-19-26-47(60)43-22-13-10-14-23-43/h9-32,37-40H,33-36H2,1-8H3/i9D,10D,11D,12D,13D,14D,20D,21D,22D,23D. The van der Waals surface area contributed by atoms with Crippen LogP contribution in [0.25, 0.3) is 72.3 Å². The average molecular weight is 911 g/mol. The molecule has 0 fully saturated rings. The van der Waals surface area contributed by atoms with Gasteiger partial charge in [0.15, 0.2) is 0 Å². The molecule has 0 saturated carbocycles. The molecule has 342 valence electrons. The van der Waals surface area contributed by atoms with Gasteiger partial charge in [-0.2, -0.15) is 0 Å². The van der Waals surface area contributed by atoms with Gasteiger partial charge in [-0.25, -0.2) is 4.98 Å².